The lowest BCUT2D eigenvalue weighted by Crippen LogP contribution is -2.43. The summed E-state index contributed by atoms with van der Waals surface area (Å²) in [4.78, 5) is 12.7. The van der Waals surface area contributed by atoms with E-state index in [0.29, 0.717) is 23.7 Å². The van der Waals surface area contributed by atoms with Crippen LogP contribution in [0, 0.1) is 11.8 Å². The number of carbonyl (C=O) groups is 1. The second kappa shape index (κ2) is 11.4. The van der Waals surface area contributed by atoms with E-state index in [2.05, 4.69) is 17.2 Å². The molecule has 5 heteroatoms. The third-order valence-corrected chi connectivity index (χ3v) is 5.67. The SMILES string of the molecule is CCC#CCOc1ccc([C@H]2CCCC[C@@H]2NC(=O)C(O)c2ccccc2)cc1OC. The molecule has 31 heavy (non-hydrogen) atoms. The Balaban J connectivity index is 1.73. The summed E-state index contributed by atoms with van der Waals surface area (Å²) < 4.78 is 11.3. The number of benzene rings is 2. The van der Waals surface area contributed by atoms with Crippen LogP contribution in [0.3, 0.4) is 0 Å². The smallest absolute Gasteiger partial charge is 0.253 e. The van der Waals surface area contributed by atoms with Crippen LogP contribution < -0.4 is 14.8 Å². The highest BCUT2D eigenvalue weighted by Gasteiger charge is 2.30. The van der Waals surface area contributed by atoms with Gasteiger partial charge in [-0.2, -0.15) is 0 Å². The first kappa shape index (κ1) is 22.7. The Labute approximate surface area is 184 Å². The van der Waals surface area contributed by atoms with Crippen molar-refractivity contribution in [2.45, 2.75) is 57.1 Å². The lowest BCUT2D eigenvalue weighted by molar-refractivity contribution is -0.130. The van der Waals surface area contributed by atoms with Gasteiger partial charge < -0.3 is 19.9 Å². The average Bonchev–Trinajstić information content (AvgIpc) is 2.82. The van der Waals surface area contributed by atoms with Crippen molar-refractivity contribution < 1.29 is 19.4 Å². The maximum atomic E-state index is 12.7. The molecule has 3 atom stereocenters. The quantitative estimate of drug-likeness (QED) is 0.652. The summed E-state index contributed by atoms with van der Waals surface area (Å²) in [5.74, 6) is 7.08. The maximum Gasteiger partial charge on any atom is 0.253 e. The molecule has 1 aliphatic rings. The molecule has 2 aromatic carbocycles. The first-order valence-corrected chi connectivity index (χ1v) is 10.9. The lowest BCUT2D eigenvalue weighted by atomic mass is 9.79. The molecule has 5 nitrogen and oxygen atoms in total. The molecule has 0 spiro atoms. The Bertz CT molecular complexity index is 916. The van der Waals surface area contributed by atoms with Gasteiger partial charge in [0.1, 0.15) is 6.61 Å². The number of hydrogen-bond donors (Lipinski definition) is 2. The average molecular weight is 422 g/mol. The fourth-order valence-corrected chi connectivity index (χ4v) is 4.07. The third-order valence-electron chi connectivity index (χ3n) is 5.67. The molecule has 3 rings (SSSR count). The number of aliphatic hydroxyl groups excluding tert-OH is 1. The maximum absolute atomic E-state index is 12.7. The van der Waals surface area contributed by atoms with Gasteiger partial charge in [0.2, 0.25) is 0 Å². The van der Waals surface area contributed by atoms with Crippen molar-refractivity contribution in [2.24, 2.45) is 0 Å². The van der Waals surface area contributed by atoms with Gasteiger partial charge in [-0.3, -0.25) is 4.79 Å². The highest BCUT2D eigenvalue weighted by Crippen LogP contribution is 2.37. The van der Waals surface area contributed by atoms with Gasteiger partial charge in [0.15, 0.2) is 17.6 Å². The minimum atomic E-state index is -1.17. The first-order chi connectivity index (χ1) is 15.1. The number of aliphatic hydroxyl groups is 1. The summed E-state index contributed by atoms with van der Waals surface area (Å²) >= 11 is 0. The highest BCUT2D eigenvalue weighted by molar-refractivity contribution is 5.82. The molecule has 1 aliphatic carbocycles. The number of rotatable bonds is 7. The van der Waals surface area contributed by atoms with Gasteiger partial charge in [0.05, 0.1) is 7.11 Å². The number of nitrogens with one attached hydrogen (secondary N) is 1. The molecule has 0 aromatic heterocycles. The van der Waals surface area contributed by atoms with E-state index in [-0.39, 0.29) is 17.9 Å². The normalized spacial score (nSPS) is 18.9. The van der Waals surface area contributed by atoms with E-state index < -0.39 is 6.10 Å². The predicted octanol–water partition coefficient (Wildman–Crippen LogP) is 4.36. The summed E-state index contributed by atoms with van der Waals surface area (Å²) in [5.41, 5.74) is 1.70. The number of ether oxygens (including phenoxy) is 2. The van der Waals surface area contributed by atoms with Crippen LogP contribution in [0.5, 0.6) is 11.5 Å². The van der Waals surface area contributed by atoms with Crippen molar-refractivity contribution >= 4 is 5.91 Å². The minimum absolute atomic E-state index is 0.0356. The van der Waals surface area contributed by atoms with Crippen LogP contribution in [0.1, 0.15) is 62.2 Å². The largest absolute Gasteiger partial charge is 0.493 e. The molecule has 0 radical (unpaired) electrons. The van der Waals surface area contributed by atoms with Crippen molar-refractivity contribution in [3.05, 3.63) is 59.7 Å². The number of amides is 1. The van der Waals surface area contributed by atoms with Crippen LogP contribution in [0.2, 0.25) is 0 Å². The summed E-state index contributed by atoms with van der Waals surface area (Å²) in [6.45, 7) is 2.32. The summed E-state index contributed by atoms with van der Waals surface area (Å²) in [7, 11) is 1.63. The van der Waals surface area contributed by atoms with Gasteiger partial charge in [0, 0.05) is 18.4 Å². The van der Waals surface area contributed by atoms with Crippen molar-refractivity contribution in [1.82, 2.24) is 5.32 Å². The zero-order chi connectivity index (χ0) is 22.1. The molecule has 0 aliphatic heterocycles. The zero-order valence-corrected chi connectivity index (χ0v) is 18.3. The van der Waals surface area contributed by atoms with Crippen molar-refractivity contribution in [2.75, 3.05) is 13.7 Å². The van der Waals surface area contributed by atoms with Crippen LogP contribution in [0.25, 0.3) is 0 Å². The minimum Gasteiger partial charge on any atom is -0.493 e. The molecular formula is C26H31NO4. The Hall–Kier alpha value is -2.97. The van der Waals surface area contributed by atoms with E-state index in [0.717, 1.165) is 37.7 Å². The van der Waals surface area contributed by atoms with E-state index in [1.54, 1.807) is 19.2 Å². The second-order valence-corrected chi connectivity index (χ2v) is 7.73. The number of methoxy groups -OCH3 is 1. The molecule has 0 bridgehead atoms. The lowest BCUT2D eigenvalue weighted by Gasteiger charge is -2.33. The van der Waals surface area contributed by atoms with Crippen LogP contribution in [0.4, 0.5) is 0 Å². The third kappa shape index (κ3) is 6.02. The monoisotopic (exact) mass is 421 g/mol. The van der Waals surface area contributed by atoms with Crippen LogP contribution >= 0.6 is 0 Å². The standard InChI is InChI=1S/C26H31NO4/c1-3-4-10-17-31-23-16-15-20(18-24(23)30-2)21-13-8-9-14-22(21)27-26(29)25(28)19-11-6-5-7-12-19/h5-7,11-12,15-16,18,21-22,25,28H,3,8-9,13-14,17H2,1-2H3,(H,27,29)/t21-,22+,25?/m1/s1. The molecule has 1 saturated carbocycles. The van der Waals surface area contributed by atoms with Gasteiger partial charge in [0.25, 0.3) is 5.91 Å². The van der Waals surface area contributed by atoms with Crippen molar-refractivity contribution in [1.29, 1.82) is 0 Å². The van der Waals surface area contributed by atoms with Crippen molar-refractivity contribution in [3.63, 3.8) is 0 Å². The number of carbonyl (C=O) groups excluding carboxylic acids is 1. The highest BCUT2D eigenvalue weighted by atomic mass is 16.5. The summed E-state index contributed by atoms with van der Waals surface area (Å²) in [5, 5.41) is 13.5. The Morgan fingerprint density at radius 1 is 1.13 bits per heavy atom. The molecule has 1 unspecified atom stereocenters. The summed E-state index contributed by atoms with van der Waals surface area (Å²) in [6.07, 6.45) is 3.64. The van der Waals surface area contributed by atoms with Gasteiger partial charge in [-0.15, -0.1) is 5.92 Å². The Morgan fingerprint density at radius 3 is 2.65 bits per heavy atom. The molecule has 2 N–H and O–H groups in total. The van der Waals surface area contributed by atoms with E-state index in [1.165, 1.54) is 0 Å². The van der Waals surface area contributed by atoms with E-state index >= 15 is 0 Å². The molecule has 1 fully saturated rings. The van der Waals surface area contributed by atoms with Gasteiger partial charge >= 0.3 is 0 Å². The molecule has 2 aromatic rings. The van der Waals surface area contributed by atoms with Crippen LogP contribution in [-0.4, -0.2) is 30.8 Å². The van der Waals surface area contributed by atoms with Gasteiger partial charge in [-0.25, -0.2) is 0 Å². The van der Waals surface area contributed by atoms with Crippen LogP contribution in [-0.2, 0) is 4.79 Å². The Morgan fingerprint density at radius 2 is 1.90 bits per heavy atom. The van der Waals surface area contributed by atoms with Gasteiger partial charge in [-0.1, -0.05) is 62.1 Å². The van der Waals surface area contributed by atoms with E-state index in [4.69, 9.17) is 9.47 Å². The molecule has 0 heterocycles. The second-order valence-electron chi connectivity index (χ2n) is 7.73. The van der Waals surface area contributed by atoms with Gasteiger partial charge in [-0.05, 0) is 36.1 Å². The molecular weight excluding hydrogens is 390 g/mol. The summed E-state index contributed by atoms with van der Waals surface area (Å²) in [6, 6.07) is 14.9. The molecule has 164 valence electrons. The Kier molecular flexibility index (Phi) is 8.37. The topological polar surface area (TPSA) is 67.8 Å². The van der Waals surface area contributed by atoms with E-state index in [9.17, 15) is 9.90 Å². The first-order valence-electron chi connectivity index (χ1n) is 10.9. The zero-order valence-electron chi connectivity index (χ0n) is 18.3. The predicted molar refractivity (Wildman–Crippen MR) is 121 cm³/mol. The molecule has 1 amide bonds. The fraction of sp³-hybridized carbons (Fsp3) is 0.423. The van der Waals surface area contributed by atoms with E-state index in [1.807, 2.05) is 43.3 Å². The van der Waals surface area contributed by atoms with Crippen LogP contribution in [0.15, 0.2) is 48.5 Å². The fourth-order valence-electron chi connectivity index (χ4n) is 4.07. The number of hydrogen-bond acceptors (Lipinski definition) is 4. The molecule has 0 saturated heterocycles. The van der Waals surface area contributed by atoms with Crippen molar-refractivity contribution in [3.8, 4) is 23.3 Å².